The highest BCUT2D eigenvalue weighted by Gasteiger charge is 2.41. The number of hydrogen-bond acceptors (Lipinski definition) is 4. The molecule has 230 valence electrons. The van der Waals surface area contributed by atoms with Gasteiger partial charge in [0.2, 0.25) is 0 Å². The van der Waals surface area contributed by atoms with Crippen LogP contribution in [0.5, 0.6) is 5.75 Å². The van der Waals surface area contributed by atoms with Crippen molar-refractivity contribution < 1.29 is 45.4 Å². The number of anilines is 1. The van der Waals surface area contributed by atoms with Gasteiger partial charge < -0.3 is 14.4 Å². The van der Waals surface area contributed by atoms with Crippen molar-refractivity contribution >= 4 is 17.7 Å². The number of hydrogen-bond donors (Lipinski definition) is 1. The molecule has 1 aliphatic rings. The minimum atomic E-state index is -5.13. The topological polar surface area (TPSA) is 67.9 Å². The number of piperidine rings is 1. The van der Waals surface area contributed by atoms with Crippen molar-refractivity contribution in [1.82, 2.24) is 4.90 Å². The van der Waals surface area contributed by atoms with Gasteiger partial charge in [-0.15, -0.1) is 0 Å². The molecule has 6 nitrogen and oxygen atoms in total. The van der Waals surface area contributed by atoms with Crippen LogP contribution >= 0.6 is 0 Å². The number of amides is 2. The molecule has 1 saturated heterocycles. The maximum absolute atomic E-state index is 14.1. The van der Waals surface area contributed by atoms with Gasteiger partial charge >= 0.3 is 18.4 Å². The maximum atomic E-state index is 14.1. The Labute approximate surface area is 244 Å². The summed E-state index contributed by atoms with van der Waals surface area (Å²) in [6.07, 6.45) is -11.8. The lowest BCUT2D eigenvalue weighted by Crippen LogP contribution is -2.42. The molecule has 0 radical (unpaired) electrons. The van der Waals surface area contributed by atoms with Crippen LogP contribution in [0.1, 0.15) is 59.3 Å². The highest BCUT2D eigenvalue weighted by Crippen LogP contribution is 2.40. The van der Waals surface area contributed by atoms with Gasteiger partial charge in [-0.1, -0.05) is 36.4 Å². The summed E-state index contributed by atoms with van der Waals surface area (Å²) < 4.78 is 94.2. The lowest BCUT2D eigenvalue weighted by Gasteiger charge is -2.32. The molecule has 0 bridgehead atoms. The smallest absolute Gasteiger partial charge is 0.416 e. The van der Waals surface area contributed by atoms with Crippen LogP contribution in [0.4, 0.5) is 36.8 Å². The normalized spacial score (nSPS) is 14.5. The van der Waals surface area contributed by atoms with E-state index in [1.807, 2.05) is 13.8 Å². The van der Waals surface area contributed by atoms with E-state index in [1.165, 1.54) is 17.0 Å². The van der Waals surface area contributed by atoms with E-state index in [-0.39, 0.29) is 38.1 Å². The largest absolute Gasteiger partial charge is 0.491 e. The van der Waals surface area contributed by atoms with Crippen molar-refractivity contribution in [3.8, 4) is 5.75 Å². The van der Waals surface area contributed by atoms with Crippen LogP contribution in [0.2, 0.25) is 0 Å². The monoisotopic (exact) mass is 608 g/mol. The van der Waals surface area contributed by atoms with E-state index < -0.39 is 59.1 Å². The van der Waals surface area contributed by atoms with Gasteiger partial charge in [0.05, 0.1) is 17.2 Å². The molecule has 1 heterocycles. The second kappa shape index (κ2) is 13.0. The van der Waals surface area contributed by atoms with Crippen LogP contribution in [0.3, 0.4) is 0 Å². The first-order valence-corrected chi connectivity index (χ1v) is 13.6. The van der Waals surface area contributed by atoms with Crippen molar-refractivity contribution in [1.29, 1.82) is 0 Å². The summed E-state index contributed by atoms with van der Waals surface area (Å²) in [5.74, 6) is -0.401. The van der Waals surface area contributed by atoms with E-state index in [0.717, 1.165) is 0 Å². The van der Waals surface area contributed by atoms with Crippen LogP contribution < -0.4 is 10.1 Å². The number of nitrogens with one attached hydrogen (secondary N) is 1. The van der Waals surface area contributed by atoms with Gasteiger partial charge in [-0.25, -0.2) is 4.79 Å². The minimum absolute atomic E-state index is 0.0309. The number of carbonyl (C=O) groups excluding carboxylic acids is 2. The second-order valence-corrected chi connectivity index (χ2v) is 10.4. The highest BCUT2D eigenvalue weighted by molar-refractivity contribution is 5.96. The van der Waals surface area contributed by atoms with Crippen molar-refractivity contribution in [2.75, 3.05) is 18.4 Å². The number of halogens is 6. The molecule has 0 aliphatic carbocycles. The highest BCUT2D eigenvalue weighted by atomic mass is 19.4. The van der Waals surface area contributed by atoms with Gasteiger partial charge in [0.15, 0.2) is 0 Å². The molecule has 3 aromatic carbocycles. The molecule has 0 aromatic heterocycles. The molecule has 1 aliphatic heterocycles. The third-order valence-corrected chi connectivity index (χ3v) is 6.79. The average Bonchev–Trinajstić information content (AvgIpc) is 2.92. The van der Waals surface area contributed by atoms with E-state index in [2.05, 4.69) is 5.32 Å². The van der Waals surface area contributed by atoms with Crippen molar-refractivity contribution in [3.63, 3.8) is 0 Å². The average molecular weight is 609 g/mol. The number of benzene rings is 3. The first kappa shape index (κ1) is 31.7. The summed E-state index contributed by atoms with van der Waals surface area (Å²) in [5.41, 5.74) is -3.41. The van der Waals surface area contributed by atoms with Gasteiger partial charge in [-0.05, 0) is 55.7 Å². The summed E-state index contributed by atoms with van der Waals surface area (Å²) in [6.45, 7) is 3.66. The molecule has 2 amide bonds. The molecule has 0 atom stereocenters. The zero-order chi connectivity index (χ0) is 31.4. The fraction of sp³-hybridized carbons (Fsp3) is 0.355. The lowest BCUT2D eigenvalue weighted by molar-refractivity contribution is -0.143. The SMILES string of the molecule is CC(C)Oc1cccc(NC(=O)OC2CCN(C(=O)c3cc(C(F)(F)F)cc(C(F)(F)F)c3Cc3ccccc3)CC2)c1. The third kappa shape index (κ3) is 8.42. The predicted molar refractivity (Wildman–Crippen MR) is 147 cm³/mol. The predicted octanol–water partition coefficient (Wildman–Crippen LogP) is 7.96. The zero-order valence-corrected chi connectivity index (χ0v) is 23.4. The molecule has 1 N–H and O–H groups in total. The first-order valence-electron chi connectivity index (χ1n) is 13.6. The quantitative estimate of drug-likeness (QED) is 0.277. The minimum Gasteiger partial charge on any atom is -0.491 e. The summed E-state index contributed by atoms with van der Waals surface area (Å²) >= 11 is 0. The Hall–Kier alpha value is -4.22. The molecule has 4 rings (SSSR count). The summed E-state index contributed by atoms with van der Waals surface area (Å²) in [4.78, 5) is 27.2. The van der Waals surface area contributed by atoms with Gasteiger partial charge in [-0.3, -0.25) is 10.1 Å². The van der Waals surface area contributed by atoms with Crippen LogP contribution in [0, 0.1) is 0 Å². The Morgan fingerprint density at radius 3 is 2.19 bits per heavy atom. The van der Waals surface area contributed by atoms with E-state index in [1.54, 1.807) is 42.5 Å². The summed E-state index contributed by atoms with van der Waals surface area (Å²) in [6, 6.07) is 15.1. The molecular formula is C31H30F6N2O4. The zero-order valence-electron chi connectivity index (χ0n) is 23.4. The van der Waals surface area contributed by atoms with E-state index >= 15 is 0 Å². The Bertz CT molecular complexity index is 1430. The lowest BCUT2D eigenvalue weighted by atomic mass is 9.90. The summed E-state index contributed by atoms with van der Waals surface area (Å²) in [5, 5.41) is 2.60. The van der Waals surface area contributed by atoms with Gasteiger partial charge in [-0.2, -0.15) is 26.3 Å². The van der Waals surface area contributed by atoms with E-state index in [9.17, 15) is 35.9 Å². The Morgan fingerprint density at radius 1 is 0.907 bits per heavy atom. The molecule has 12 heteroatoms. The molecule has 0 unspecified atom stereocenters. The van der Waals surface area contributed by atoms with Crippen LogP contribution in [-0.2, 0) is 23.5 Å². The second-order valence-electron chi connectivity index (χ2n) is 10.4. The Balaban J connectivity index is 1.50. The van der Waals surface area contributed by atoms with Gasteiger partial charge in [0, 0.05) is 43.2 Å². The van der Waals surface area contributed by atoms with Crippen molar-refractivity contribution in [2.45, 2.75) is 57.7 Å². The van der Waals surface area contributed by atoms with Gasteiger partial charge in [0.1, 0.15) is 11.9 Å². The Kier molecular flexibility index (Phi) is 9.56. The molecule has 1 fully saturated rings. The van der Waals surface area contributed by atoms with Crippen LogP contribution in [-0.4, -0.2) is 42.2 Å². The fourth-order valence-corrected chi connectivity index (χ4v) is 4.83. The molecule has 3 aromatic rings. The van der Waals surface area contributed by atoms with E-state index in [0.29, 0.717) is 23.1 Å². The number of alkyl halides is 6. The number of carbonyl (C=O) groups is 2. The van der Waals surface area contributed by atoms with Crippen LogP contribution in [0.25, 0.3) is 0 Å². The van der Waals surface area contributed by atoms with Crippen molar-refractivity contribution in [2.24, 2.45) is 0 Å². The maximum Gasteiger partial charge on any atom is 0.416 e. The van der Waals surface area contributed by atoms with Crippen molar-refractivity contribution in [3.05, 3.63) is 94.5 Å². The number of ether oxygens (including phenoxy) is 2. The first-order chi connectivity index (χ1) is 20.2. The number of rotatable bonds is 7. The fourth-order valence-electron chi connectivity index (χ4n) is 4.83. The molecule has 43 heavy (non-hydrogen) atoms. The molecule has 0 saturated carbocycles. The summed E-state index contributed by atoms with van der Waals surface area (Å²) in [7, 11) is 0. The molecule has 0 spiro atoms. The standard InChI is InChI=1S/C31H30F6N2O4/c1-19(2)42-24-10-6-9-22(18-24)38-29(41)43-23-11-13-39(14-12-23)28(40)26-16-21(30(32,33)34)17-27(31(35,36)37)25(26)15-20-7-4-3-5-8-20/h3-10,16-19,23H,11-15H2,1-2H3,(H,38,41). The van der Waals surface area contributed by atoms with Gasteiger partial charge in [0.25, 0.3) is 5.91 Å². The molecular weight excluding hydrogens is 578 g/mol. The number of likely N-dealkylation sites (tertiary alicyclic amines) is 1. The third-order valence-electron chi connectivity index (χ3n) is 6.79. The van der Waals surface area contributed by atoms with E-state index in [4.69, 9.17) is 9.47 Å². The number of nitrogens with zero attached hydrogens (tertiary/aromatic N) is 1. The Morgan fingerprint density at radius 2 is 1.58 bits per heavy atom. The van der Waals surface area contributed by atoms with Crippen LogP contribution in [0.15, 0.2) is 66.7 Å².